The molecule has 0 radical (unpaired) electrons. The number of rotatable bonds is 2. The van der Waals surface area contributed by atoms with Gasteiger partial charge in [-0.15, -0.1) is 0 Å². The van der Waals surface area contributed by atoms with Crippen LogP contribution in [0.5, 0.6) is 0 Å². The first kappa shape index (κ1) is 11.7. The summed E-state index contributed by atoms with van der Waals surface area (Å²) in [5.41, 5.74) is 7.60. The van der Waals surface area contributed by atoms with Crippen LogP contribution in [-0.2, 0) is 0 Å². The fraction of sp³-hybridized carbons (Fsp3) is 0.500. The fourth-order valence-electron chi connectivity index (χ4n) is 3.44. The molecular weight excluding hydrogens is 228 g/mol. The van der Waals surface area contributed by atoms with E-state index in [0.717, 1.165) is 31.5 Å². The predicted molar refractivity (Wildman–Crippen MR) is 68.4 cm³/mol. The SMILES string of the molecule is NC1C2CCN(CC2)C1c1ccccc1C(=O)O. The van der Waals surface area contributed by atoms with Gasteiger partial charge in [0.15, 0.2) is 0 Å². The van der Waals surface area contributed by atoms with Crippen LogP contribution >= 0.6 is 0 Å². The maximum Gasteiger partial charge on any atom is 0.336 e. The minimum atomic E-state index is -0.861. The number of benzene rings is 1. The number of aromatic carboxylic acids is 1. The number of carboxylic acids is 1. The third-order valence-corrected chi connectivity index (χ3v) is 4.39. The Hall–Kier alpha value is -1.39. The van der Waals surface area contributed by atoms with Crippen molar-refractivity contribution in [3.05, 3.63) is 35.4 Å². The van der Waals surface area contributed by atoms with Crippen molar-refractivity contribution < 1.29 is 9.90 Å². The van der Waals surface area contributed by atoms with Crippen molar-refractivity contribution in [3.63, 3.8) is 0 Å². The highest BCUT2D eigenvalue weighted by molar-refractivity contribution is 5.89. The molecule has 4 rings (SSSR count). The van der Waals surface area contributed by atoms with Gasteiger partial charge in [-0.3, -0.25) is 4.90 Å². The van der Waals surface area contributed by atoms with Crippen molar-refractivity contribution in [3.8, 4) is 0 Å². The molecule has 18 heavy (non-hydrogen) atoms. The lowest BCUT2D eigenvalue weighted by molar-refractivity contribution is 0.0266. The molecule has 2 unspecified atom stereocenters. The van der Waals surface area contributed by atoms with E-state index in [1.54, 1.807) is 12.1 Å². The molecule has 2 bridgehead atoms. The van der Waals surface area contributed by atoms with Gasteiger partial charge in [-0.25, -0.2) is 4.79 Å². The van der Waals surface area contributed by atoms with E-state index in [0.29, 0.717) is 11.5 Å². The zero-order valence-corrected chi connectivity index (χ0v) is 10.2. The molecule has 0 amide bonds. The van der Waals surface area contributed by atoms with E-state index in [9.17, 15) is 9.90 Å². The van der Waals surface area contributed by atoms with E-state index >= 15 is 0 Å². The van der Waals surface area contributed by atoms with Gasteiger partial charge in [-0.05, 0) is 43.5 Å². The van der Waals surface area contributed by atoms with Crippen molar-refractivity contribution in [2.45, 2.75) is 24.9 Å². The van der Waals surface area contributed by atoms with Gasteiger partial charge in [0.1, 0.15) is 0 Å². The third kappa shape index (κ3) is 1.72. The molecule has 2 atom stereocenters. The summed E-state index contributed by atoms with van der Waals surface area (Å²) in [5, 5.41) is 9.29. The van der Waals surface area contributed by atoms with E-state index in [1.807, 2.05) is 12.1 Å². The number of fused-ring (bicyclic) bond motifs is 3. The lowest BCUT2D eigenvalue weighted by Gasteiger charge is -2.50. The Bertz CT molecular complexity index is 465. The van der Waals surface area contributed by atoms with Gasteiger partial charge in [0.05, 0.1) is 11.6 Å². The summed E-state index contributed by atoms with van der Waals surface area (Å²) < 4.78 is 0. The van der Waals surface area contributed by atoms with Crippen molar-refractivity contribution in [2.75, 3.05) is 13.1 Å². The average molecular weight is 246 g/mol. The summed E-state index contributed by atoms with van der Waals surface area (Å²) >= 11 is 0. The lowest BCUT2D eigenvalue weighted by atomic mass is 9.76. The first-order chi connectivity index (χ1) is 8.68. The molecule has 3 heterocycles. The van der Waals surface area contributed by atoms with Crippen LogP contribution in [0.25, 0.3) is 0 Å². The third-order valence-electron chi connectivity index (χ3n) is 4.39. The van der Waals surface area contributed by atoms with Gasteiger partial charge in [0, 0.05) is 6.04 Å². The molecule has 3 aliphatic heterocycles. The molecule has 96 valence electrons. The van der Waals surface area contributed by atoms with E-state index < -0.39 is 5.97 Å². The summed E-state index contributed by atoms with van der Waals surface area (Å²) in [5.74, 6) is -0.317. The second-order valence-corrected chi connectivity index (χ2v) is 5.29. The fourth-order valence-corrected chi connectivity index (χ4v) is 3.44. The Morgan fingerprint density at radius 1 is 1.28 bits per heavy atom. The van der Waals surface area contributed by atoms with E-state index in [4.69, 9.17) is 5.73 Å². The van der Waals surface area contributed by atoms with Gasteiger partial charge in [0.2, 0.25) is 0 Å². The number of nitrogens with zero attached hydrogens (tertiary/aromatic N) is 1. The molecular formula is C14H18N2O2. The van der Waals surface area contributed by atoms with Crippen LogP contribution in [0.1, 0.15) is 34.8 Å². The summed E-state index contributed by atoms with van der Waals surface area (Å²) in [6.45, 7) is 2.08. The molecule has 0 aromatic heterocycles. The monoisotopic (exact) mass is 246 g/mol. The topological polar surface area (TPSA) is 66.6 Å². The molecule has 1 aromatic rings. The van der Waals surface area contributed by atoms with Gasteiger partial charge >= 0.3 is 5.97 Å². The van der Waals surface area contributed by atoms with Crippen LogP contribution in [0.2, 0.25) is 0 Å². The number of hydrogen-bond donors (Lipinski definition) is 2. The largest absolute Gasteiger partial charge is 0.478 e. The second-order valence-electron chi connectivity index (χ2n) is 5.29. The quantitative estimate of drug-likeness (QED) is 0.829. The minimum absolute atomic E-state index is 0.0630. The maximum absolute atomic E-state index is 11.3. The average Bonchev–Trinajstić information content (AvgIpc) is 2.40. The highest BCUT2D eigenvalue weighted by Crippen LogP contribution is 2.40. The first-order valence-corrected chi connectivity index (χ1v) is 6.50. The van der Waals surface area contributed by atoms with Gasteiger partial charge in [-0.1, -0.05) is 18.2 Å². The van der Waals surface area contributed by atoms with Crippen LogP contribution in [0, 0.1) is 5.92 Å². The van der Waals surface area contributed by atoms with Crippen molar-refractivity contribution in [1.29, 1.82) is 0 Å². The molecule has 1 aromatic carbocycles. The van der Waals surface area contributed by atoms with Crippen molar-refractivity contribution >= 4 is 5.97 Å². The molecule has 4 nitrogen and oxygen atoms in total. The van der Waals surface area contributed by atoms with Crippen molar-refractivity contribution in [2.24, 2.45) is 11.7 Å². The van der Waals surface area contributed by atoms with Crippen molar-refractivity contribution in [1.82, 2.24) is 4.90 Å². The molecule has 0 aliphatic carbocycles. The Kier molecular flexibility index (Phi) is 2.84. The summed E-state index contributed by atoms with van der Waals surface area (Å²) in [4.78, 5) is 13.7. The maximum atomic E-state index is 11.3. The molecule has 3 saturated heterocycles. The molecule has 3 fully saturated rings. The highest BCUT2D eigenvalue weighted by Gasteiger charge is 2.41. The molecule has 0 spiro atoms. The Labute approximate surface area is 106 Å². The van der Waals surface area contributed by atoms with E-state index in [2.05, 4.69) is 4.90 Å². The normalized spacial score (nSPS) is 34.5. The lowest BCUT2D eigenvalue weighted by Crippen LogP contribution is -2.56. The minimum Gasteiger partial charge on any atom is -0.478 e. The zero-order valence-electron chi connectivity index (χ0n) is 10.2. The number of carboxylic acid groups (broad SMARTS) is 1. The number of nitrogens with two attached hydrogens (primary N) is 1. The Balaban J connectivity index is 2.02. The smallest absolute Gasteiger partial charge is 0.336 e. The molecule has 0 saturated carbocycles. The van der Waals surface area contributed by atoms with Crippen LogP contribution in [-0.4, -0.2) is 35.1 Å². The first-order valence-electron chi connectivity index (χ1n) is 6.50. The summed E-state index contributed by atoms with van der Waals surface area (Å²) in [6, 6.07) is 7.40. The molecule has 3 aliphatic rings. The Morgan fingerprint density at radius 2 is 1.94 bits per heavy atom. The number of piperidine rings is 3. The molecule has 4 heteroatoms. The van der Waals surface area contributed by atoms with Gasteiger partial charge in [0.25, 0.3) is 0 Å². The highest BCUT2D eigenvalue weighted by atomic mass is 16.4. The van der Waals surface area contributed by atoms with Gasteiger partial charge < -0.3 is 10.8 Å². The van der Waals surface area contributed by atoms with Crippen LogP contribution in [0.3, 0.4) is 0 Å². The summed E-state index contributed by atoms with van der Waals surface area (Å²) in [7, 11) is 0. The predicted octanol–water partition coefficient (Wildman–Crippen LogP) is 1.48. The standard InChI is InChI=1S/C14H18N2O2/c15-12-9-5-7-16(8-6-9)13(12)10-3-1-2-4-11(10)14(17)18/h1-4,9,12-13H,5-8,15H2,(H,17,18). The number of hydrogen-bond acceptors (Lipinski definition) is 3. The number of carbonyl (C=O) groups is 1. The molecule has 3 N–H and O–H groups in total. The Morgan fingerprint density at radius 3 is 2.56 bits per heavy atom. The summed E-state index contributed by atoms with van der Waals surface area (Å²) in [6.07, 6.45) is 2.29. The van der Waals surface area contributed by atoms with Crippen LogP contribution in [0.15, 0.2) is 24.3 Å². The van der Waals surface area contributed by atoms with E-state index in [-0.39, 0.29) is 12.1 Å². The van der Waals surface area contributed by atoms with Crippen LogP contribution in [0.4, 0.5) is 0 Å². The van der Waals surface area contributed by atoms with Gasteiger partial charge in [-0.2, -0.15) is 0 Å². The second kappa shape index (κ2) is 4.37. The van der Waals surface area contributed by atoms with E-state index in [1.165, 1.54) is 0 Å². The zero-order chi connectivity index (χ0) is 12.7. The van der Waals surface area contributed by atoms with Crippen LogP contribution < -0.4 is 5.73 Å².